The van der Waals surface area contributed by atoms with Gasteiger partial charge in [0.25, 0.3) is 0 Å². The van der Waals surface area contributed by atoms with Crippen LogP contribution < -0.4 is 15.9 Å². The van der Waals surface area contributed by atoms with Gasteiger partial charge < -0.3 is 14.6 Å². The summed E-state index contributed by atoms with van der Waals surface area (Å²) >= 11 is 0. The van der Waals surface area contributed by atoms with Crippen molar-refractivity contribution in [3.8, 4) is 0 Å². The third-order valence-corrected chi connectivity index (χ3v) is 11.5. The SMILES string of the molecule is C=C/C=C(\C=C\NC1C=C(C(C)(C)C)C(C(C)(C)C)=CC1C)N(C(/C=C\CC(C)C)=C/C)c1c([B]/C=C/C=C(\C=C)C(C)(C)CCC(C)C)oc2ccc(C(C)(C)C)cc12. The summed E-state index contributed by atoms with van der Waals surface area (Å²) in [5.41, 5.74) is 10.1. The van der Waals surface area contributed by atoms with Crippen LogP contribution in [-0.4, -0.2) is 13.3 Å². The number of nitrogens with one attached hydrogen (secondary N) is 1. The van der Waals surface area contributed by atoms with Gasteiger partial charge in [0.15, 0.2) is 0 Å². The van der Waals surface area contributed by atoms with Gasteiger partial charge in [-0.1, -0.05) is 185 Å². The van der Waals surface area contributed by atoms with Crippen LogP contribution in [0.5, 0.6) is 0 Å². The number of furan rings is 1. The van der Waals surface area contributed by atoms with Gasteiger partial charge in [0.1, 0.15) is 5.58 Å². The minimum absolute atomic E-state index is 0.0271. The van der Waals surface area contributed by atoms with E-state index in [0.29, 0.717) is 17.8 Å². The molecule has 0 fully saturated rings. The van der Waals surface area contributed by atoms with Crippen molar-refractivity contribution in [2.75, 3.05) is 4.90 Å². The second kappa shape index (κ2) is 21.1. The molecule has 0 spiro atoms. The molecule has 0 aliphatic heterocycles. The minimum Gasteiger partial charge on any atom is -0.469 e. The van der Waals surface area contributed by atoms with E-state index < -0.39 is 0 Å². The Morgan fingerprint density at radius 1 is 0.850 bits per heavy atom. The molecule has 325 valence electrons. The number of anilines is 1. The average Bonchev–Trinajstić information content (AvgIpc) is 3.49. The molecule has 0 amide bonds. The molecule has 4 heteroatoms. The van der Waals surface area contributed by atoms with Crippen molar-refractivity contribution < 1.29 is 4.42 Å². The molecule has 1 heterocycles. The van der Waals surface area contributed by atoms with Gasteiger partial charge in [-0.05, 0) is 118 Å². The van der Waals surface area contributed by atoms with Gasteiger partial charge >= 0.3 is 0 Å². The minimum atomic E-state index is -0.0484. The first-order valence-corrected chi connectivity index (χ1v) is 22.6. The zero-order valence-corrected chi connectivity index (χ0v) is 41.0. The van der Waals surface area contributed by atoms with E-state index in [2.05, 4.69) is 233 Å². The molecule has 1 aliphatic rings. The maximum atomic E-state index is 6.83. The van der Waals surface area contributed by atoms with E-state index in [1.807, 2.05) is 12.2 Å². The molecular weight excluding hydrogens is 727 g/mol. The lowest BCUT2D eigenvalue weighted by Gasteiger charge is -2.39. The van der Waals surface area contributed by atoms with E-state index in [0.717, 1.165) is 46.6 Å². The van der Waals surface area contributed by atoms with E-state index in [1.165, 1.54) is 28.7 Å². The largest absolute Gasteiger partial charge is 0.469 e. The Hall–Kier alpha value is -4.18. The summed E-state index contributed by atoms with van der Waals surface area (Å²) in [5.74, 6) is 3.63. The van der Waals surface area contributed by atoms with Crippen molar-refractivity contribution in [1.29, 1.82) is 0 Å². The topological polar surface area (TPSA) is 28.4 Å². The fourth-order valence-corrected chi connectivity index (χ4v) is 7.70. The van der Waals surface area contributed by atoms with Crippen molar-refractivity contribution >= 4 is 29.6 Å². The summed E-state index contributed by atoms with van der Waals surface area (Å²) in [6, 6.07) is 6.79. The molecule has 2 aromatic rings. The molecule has 0 saturated carbocycles. The summed E-state index contributed by atoms with van der Waals surface area (Å²) in [5, 5.41) is 4.88. The average molecular weight is 810 g/mol. The van der Waals surface area contributed by atoms with E-state index in [4.69, 9.17) is 4.42 Å². The number of hydrogen-bond donors (Lipinski definition) is 1. The van der Waals surface area contributed by atoms with Gasteiger partial charge in [0.2, 0.25) is 7.28 Å². The number of rotatable bonds is 18. The van der Waals surface area contributed by atoms with Gasteiger partial charge in [-0.3, -0.25) is 0 Å². The summed E-state index contributed by atoms with van der Waals surface area (Å²) < 4.78 is 6.83. The second-order valence-corrected chi connectivity index (χ2v) is 21.4. The van der Waals surface area contributed by atoms with Crippen molar-refractivity contribution in [2.24, 2.45) is 34.0 Å². The van der Waals surface area contributed by atoms with Crippen LogP contribution in [0.4, 0.5) is 5.69 Å². The van der Waals surface area contributed by atoms with Gasteiger partial charge in [0.05, 0.1) is 17.4 Å². The lowest BCUT2D eigenvalue weighted by Crippen LogP contribution is -2.35. The number of nitrogens with zero attached hydrogens (tertiary/aromatic N) is 1. The predicted molar refractivity (Wildman–Crippen MR) is 269 cm³/mol. The van der Waals surface area contributed by atoms with Crippen LogP contribution in [0.25, 0.3) is 11.0 Å². The highest BCUT2D eigenvalue weighted by Crippen LogP contribution is 2.44. The Morgan fingerprint density at radius 2 is 1.50 bits per heavy atom. The normalized spacial score (nSPS) is 18.0. The molecule has 1 N–H and O–H groups in total. The summed E-state index contributed by atoms with van der Waals surface area (Å²) in [6.07, 6.45) is 29.6. The third-order valence-electron chi connectivity index (χ3n) is 11.5. The molecule has 2 unspecified atom stereocenters. The molecule has 1 aromatic heterocycles. The second-order valence-electron chi connectivity index (χ2n) is 21.4. The molecule has 60 heavy (non-hydrogen) atoms. The molecule has 3 rings (SSSR count). The van der Waals surface area contributed by atoms with Crippen molar-refractivity contribution in [1.82, 2.24) is 5.32 Å². The maximum absolute atomic E-state index is 6.83. The predicted octanol–water partition coefficient (Wildman–Crippen LogP) is 15.6. The number of benzene rings is 1. The van der Waals surface area contributed by atoms with E-state index in [-0.39, 0.29) is 27.7 Å². The van der Waals surface area contributed by atoms with Gasteiger partial charge in [-0.2, -0.15) is 0 Å². The zero-order chi connectivity index (χ0) is 45.2. The highest BCUT2D eigenvalue weighted by atomic mass is 16.3. The molecule has 1 aliphatic carbocycles. The first kappa shape index (κ1) is 50.2. The molecular formula is C56H82BN2O. The fraction of sp³-hybridized carbons (Fsp3) is 0.500. The lowest BCUT2D eigenvalue weighted by molar-refractivity contribution is 0.369. The number of hydrogen-bond acceptors (Lipinski definition) is 3. The highest BCUT2D eigenvalue weighted by molar-refractivity contribution is 6.60. The molecule has 0 bridgehead atoms. The molecule has 0 saturated heterocycles. The molecule has 1 aromatic carbocycles. The first-order chi connectivity index (χ1) is 27.8. The third kappa shape index (κ3) is 13.7. The number of fused-ring (bicyclic) bond motifs is 1. The van der Waals surface area contributed by atoms with E-state index in [1.54, 1.807) is 0 Å². The Labute approximate surface area is 369 Å². The smallest absolute Gasteiger partial charge is 0.234 e. The summed E-state index contributed by atoms with van der Waals surface area (Å²) in [6.45, 7) is 47.3. The monoisotopic (exact) mass is 810 g/mol. The van der Waals surface area contributed by atoms with Crippen LogP contribution in [0, 0.1) is 34.0 Å². The van der Waals surface area contributed by atoms with Crippen LogP contribution in [0.2, 0.25) is 0 Å². The summed E-state index contributed by atoms with van der Waals surface area (Å²) in [7, 11) is 2.11. The Kier molecular flexibility index (Phi) is 17.6. The van der Waals surface area contributed by atoms with Crippen LogP contribution >= 0.6 is 0 Å². The van der Waals surface area contributed by atoms with Crippen molar-refractivity contribution in [2.45, 2.75) is 148 Å². The molecule has 2 atom stereocenters. The lowest BCUT2D eigenvalue weighted by atomic mass is 9.68. The number of allylic oxidation sites excluding steroid dienone is 12. The highest BCUT2D eigenvalue weighted by Gasteiger charge is 2.33. The first-order valence-electron chi connectivity index (χ1n) is 22.6. The van der Waals surface area contributed by atoms with Crippen LogP contribution in [-0.2, 0) is 5.41 Å². The van der Waals surface area contributed by atoms with Crippen molar-refractivity contribution in [3.05, 3.63) is 144 Å². The van der Waals surface area contributed by atoms with E-state index >= 15 is 0 Å². The van der Waals surface area contributed by atoms with Crippen LogP contribution in [0.1, 0.15) is 143 Å². The van der Waals surface area contributed by atoms with Crippen LogP contribution in [0.3, 0.4) is 0 Å². The van der Waals surface area contributed by atoms with Crippen molar-refractivity contribution in [3.63, 3.8) is 0 Å². The molecule has 3 nitrogen and oxygen atoms in total. The Morgan fingerprint density at radius 3 is 2.05 bits per heavy atom. The fourth-order valence-electron chi connectivity index (χ4n) is 7.70. The van der Waals surface area contributed by atoms with Crippen LogP contribution in [0.15, 0.2) is 143 Å². The van der Waals surface area contributed by atoms with E-state index in [9.17, 15) is 0 Å². The zero-order valence-electron chi connectivity index (χ0n) is 41.0. The standard InChI is InChI=1S/C56H82BN2O/c1-20-25-45(32-35-58-49-38-48(55(15,16)17)47(36-41(49)8)54(12,13)14)59(44(22-3)28-23-26-39(4)5)51-46-37-43(53(9,10)11)29-30-50(46)60-52(51)57-34-24-27-42(21-2)56(18,19)33-31-40(6)7/h20-25,27-30,32,34-41,49,58H,1-2,26,31,33H2,3-19H3/b28-23-,34-24+,35-32+,42-27+,44-22+,45-25+. The maximum Gasteiger partial charge on any atom is 0.234 e. The summed E-state index contributed by atoms with van der Waals surface area (Å²) in [4.78, 5) is 2.34. The Balaban J connectivity index is 2.27. The van der Waals surface area contributed by atoms with Gasteiger partial charge in [-0.25, -0.2) is 0 Å². The van der Waals surface area contributed by atoms with Gasteiger partial charge in [-0.15, -0.1) is 5.98 Å². The molecule has 1 radical (unpaired) electrons. The van der Waals surface area contributed by atoms with Gasteiger partial charge in [0, 0.05) is 16.8 Å². The Bertz CT molecular complexity index is 2030. The quantitative estimate of drug-likeness (QED) is 0.120.